The molecule has 2 nitrogen and oxygen atoms in total. The highest BCUT2D eigenvalue weighted by molar-refractivity contribution is 5.43. The van der Waals surface area contributed by atoms with E-state index in [-0.39, 0.29) is 0 Å². The maximum atomic E-state index is 12.0. The van der Waals surface area contributed by atoms with E-state index in [4.69, 9.17) is 0 Å². The summed E-state index contributed by atoms with van der Waals surface area (Å²) in [5.74, 6) is 0. The van der Waals surface area contributed by atoms with E-state index in [1.165, 1.54) is 6.92 Å². The van der Waals surface area contributed by atoms with E-state index in [9.17, 15) is 13.2 Å². The summed E-state index contributed by atoms with van der Waals surface area (Å²) in [5, 5.41) is 2.78. The van der Waals surface area contributed by atoms with Gasteiger partial charge < -0.3 is 5.32 Å². The summed E-state index contributed by atoms with van der Waals surface area (Å²) in [4.78, 5) is 3.96. The smallest absolute Gasteiger partial charge is 0.382 e. The van der Waals surface area contributed by atoms with Gasteiger partial charge in [-0.3, -0.25) is 4.98 Å². The van der Waals surface area contributed by atoms with Gasteiger partial charge in [0.25, 0.3) is 0 Å². The molecule has 0 aliphatic rings. The fraction of sp³-hybridized carbons (Fsp3) is 0.500. The summed E-state index contributed by atoms with van der Waals surface area (Å²) in [6.07, 6.45) is -3.40. The van der Waals surface area contributed by atoms with E-state index in [1.54, 1.807) is 25.3 Å². The van der Waals surface area contributed by atoms with E-state index in [1.807, 2.05) is 0 Å². The van der Waals surface area contributed by atoms with Gasteiger partial charge in [0.15, 0.2) is 0 Å². The number of halogens is 3. The fourth-order valence-electron chi connectivity index (χ4n) is 1.32. The van der Waals surface area contributed by atoms with Gasteiger partial charge in [0.1, 0.15) is 0 Å². The molecule has 5 heteroatoms. The summed E-state index contributed by atoms with van der Waals surface area (Å²) in [6, 6.07) is 2.74. The Morgan fingerprint density at radius 3 is 2.67 bits per heavy atom. The second-order valence-corrected chi connectivity index (χ2v) is 3.55. The van der Waals surface area contributed by atoms with Crippen LogP contribution in [0.1, 0.15) is 19.0 Å². The number of rotatable bonds is 3. The van der Waals surface area contributed by atoms with Crippen molar-refractivity contribution in [2.45, 2.75) is 32.5 Å². The summed E-state index contributed by atoms with van der Waals surface area (Å²) in [5.41, 5.74) is 1.44. The SMILES string of the molecule is Cc1cc(NC(C)CC(F)(F)F)ccn1. The van der Waals surface area contributed by atoms with Crippen LogP contribution in [0.4, 0.5) is 18.9 Å². The van der Waals surface area contributed by atoms with Crippen LogP contribution in [0.5, 0.6) is 0 Å². The van der Waals surface area contributed by atoms with Crippen molar-refractivity contribution in [2.75, 3.05) is 5.32 Å². The van der Waals surface area contributed by atoms with Gasteiger partial charge >= 0.3 is 6.18 Å². The first kappa shape index (κ1) is 11.8. The maximum absolute atomic E-state index is 12.0. The molecule has 15 heavy (non-hydrogen) atoms. The van der Waals surface area contributed by atoms with Gasteiger partial charge in [0.05, 0.1) is 6.42 Å². The number of aryl methyl sites for hydroxylation is 1. The molecule has 0 fully saturated rings. The monoisotopic (exact) mass is 218 g/mol. The minimum Gasteiger partial charge on any atom is -0.382 e. The van der Waals surface area contributed by atoms with E-state index < -0.39 is 18.6 Å². The molecular weight excluding hydrogens is 205 g/mol. The summed E-state index contributed by atoms with van der Waals surface area (Å²) >= 11 is 0. The molecule has 0 aliphatic carbocycles. The average molecular weight is 218 g/mol. The van der Waals surface area contributed by atoms with Crippen LogP contribution in [0.3, 0.4) is 0 Å². The molecule has 1 unspecified atom stereocenters. The molecule has 1 N–H and O–H groups in total. The molecule has 1 aromatic heterocycles. The first-order valence-electron chi connectivity index (χ1n) is 4.63. The van der Waals surface area contributed by atoms with Crippen LogP contribution in [0.2, 0.25) is 0 Å². The molecule has 1 aromatic rings. The predicted octanol–water partition coefficient (Wildman–Crippen LogP) is 3.14. The normalized spacial score (nSPS) is 13.7. The third-order valence-electron chi connectivity index (χ3n) is 1.85. The van der Waals surface area contributed by atoms with Crippen LogP contribution in [0.25, 0.3) is 0 Å². The highest BCUT2D eigenvalue weighted by Crippen LogP contribution is 2.23. The minimum absolute atomic E-state index is 0.633. The molecule has 0 radical (unpaired) electrons. The second kappa shape index (κ2) is 4.51. The molecule has 0 spiro atoms. The fourth-order valence-corrected chi connectivity index (χ4v) is 1.32. The average Bonchev–Trinajstić information content (AvgIpc) is 1.99. The van der Waals surface area contributed by atoms with E-state index >= 15 is 0 Å². The van der Waals surface area contributed by atoms with Gasteiger partial charge in [-0.15, -0.1) is 0 Å². The van der Waals surface area contributed by atoms with Gasteiger partial charge in [0.2, 0.25) is 0 Å². The minimum atomic E-state index is -4.13. The Morgan fingerprint density at radius 2 is 2.13 bits per heavy atom. The van der Waals surface area contributed by atoms with Crippen LogP contribution < -0.4 is 5.32 Å². The van der Waals surface area contributed by atoms with Gasteiger partial charge in [-0.25, -0.2) is 0 Å². The molecule has 0 saturated carbocycles. The number of nitrogens with zero attached hydrogens (tertiary/aromatic N) is 1. The van der Waals surface area contributed by atoms with Gasteiger partial charge in [-0.05, 0) is 26.0 Å². The van der Waals surface area contributed by atoms with E-state index in [0.29, 0.717) is 5.69 Å². The Bertz CT molecular complexity index is 323. The Labute approximate surface area is 86.5 Å². The highest BCUT2D eigenvalue weighted by atomic mass is 19.4. The molecule has 0 aliphatic heterocycles. The third-order valence-corrected chi connectivity index (χ3v) is 1.85. The predicted molar refractivity (Wildman–Crippen MR) is 52.7 cm³/mol. The Kier molecular flexibility index (Phi) is 3.55. The number of aromatic nitrogens is 1. The molecule has 1 heterocycles. The van der Waals surface area contributed by atoms with Crippen molar-refractivity contribution in [2.24, 2.45) is 0 Å². The number of pyridine rings is 1. The zero-order valence-electron chi connectivity index (χ0n) is 8.60. The molecule has 84 valence electrons. The lowest BCUT2D eigenvalue weighted by molar-refractivity contribution is -0.136. The Morgan fingerprint density at radius 1 is 1.47 bits per heavy atom. The van der Waals surface area contributed by atoms with Crippen LogP contribution in [-0.4, -0.2) is 17.2 Å². The molecule has 1 rings (SSSR count). The third kappa shape index (κ3) is 4.67. The zero-order valence-corrected chi connectivity index (χ0v) is 8.60. The quantitative estimate of drug-likeness (QED) is 0.843. The van der Waals surface area contributed by atoms with Gasteiger partial charge in [-0.2, -0.15) is 13.2 Å². The maximum Gasteiger partial charge on any atom is 0.391 e. The lowest BCUT2D eigenvalue weighted by atomic mass is 10.2. The van der Waals surface area contributed by atoms with Crippen LogP contribution in [0, 0.1) is 6.92 Å². The van der Waals surface area contributed by atoms with E-state index in [0.717, 1.165) is 5.69 Å². The second-order valence-electron chi connectivity index (χ2n) is 3.55. The molecule has 0 amide bonds. The summed E-state index contributed by atoms with van der Waals surface area (Å²) in [6.45, 7) is 3.29. The topological polar surface area (TPSA) is 24.9 Å². The van der Waals surface area contributed by atoms with Gasteiger partial charge in [-0.1, -0.05) is 0 Å². The molecule has 0 saturated heterocycles. The highest BCUT2D eigenvalue weighted by Gasteiger charge is 2.29. The van der Waals surface area contributed by atoms with Crippen molar-refractivity contribution in [1.82, 2.24) is 4.98 Å². The molecule has 1 atom stereocenters. The van der Waals surface area contributed by atoms with Crippen LogP contribution >= 0.6 is 0 Å². The first-order chi connectivity index (χ1) is 6.87. The first-order valence-corrected chi connectivity index (χ1v) is 4.63. The summed E-state index contributed by atoms with van der Waals surface area (Å²) < 4.78 is 36.1. The molecule has 0 bridgehead atoms. The van der Waals surface area contributed by atoms with Crippen molar-refractivity contribution in [3.8, 4) is 0 Å². The zero-order chi connectivity index (χ0) is 11.5. The largest absolute Gasteiger partial charge is 0.391 e. The molecular formula is C10H13F3N2. The van der Waals surface area contributed by atoms with Crippen molar-refractivity contribution in [1.29, 1.82) is 0 Å². The Hall–Kier alpha value is -1.26. The van der Waals surface area contributed by atoms with E-state index in [2.05, 4.69) is 10.3 Å². The molecule has 0 aromatic carbocycles. The van der Waals surface area contributed by atoms with Crippen molar-refractivity contribution < 1.29 is 13.2 Å². The van der Waals surface area contributed by atoms with Crippen molar-refractivity contribution >= 4 is 5.69 Å². The van der Waals surface area contributed by atoms with Crippen LogP contribution in [-0.2, 0) is 0 Å². The Balaban J connectivity index is 2.55. The number of hydrogen-bond acceptors (Lipinski definition) is 2. The number of anilines is 1. The van der Waals surface area contributed by atoms with Crippen LogP contribution in [0.15, 0.2) is 18.3 Å². The van der Waals surface area contributed by atoms with Crippen molar-refractivity contribution in [3.05, 3.63) is 24.0 Å². The summed E-state index contributed by atoms with van der Waals surface area (Å²) in [7, 11) is 0. The van der Waals surface area contributed by atoms with Gasteiger partial charge in [0, 0.05) is 23.6 Å². The standard InChI is InChI=1S/C10H13F3N2/c1-7-5-9(3-4-14-7)15-8(2)6-10(11,12)13/h3-5,8H,6H2,1-2H3,(H,14,15). The van der Waals surface area contributed by atoms with Crippen molar-refractivity contribution in [3.63, 3.8) is 0 Å². The lowest BCUT2D eigenvalue weighted by Crippen LogP contribution is -2.23. The number of alkyl halides is 3. The number of hydrogen-bond donors (Lipinski definition) is 1. The lowest BCUT2D eigenvalue weighted by Gasteiger charge is -2.16. The number of nitrogens with one attached hydrogen (secondary N) is 1.